The summed E-state index contributed by atoms with van der Waals surface area (Å²) in [5, 5.41) is 3.72. The van der Waals surface area contributed by atoms with E-state index in [9.17, 15) is 0 Å². The van der Waals surface area contributed by atoms with Gasteiger partial charge in [0.25, 0.3) is 0 Å². The Hall–Kier alpha value is -1.22. The van der Waals surface area contributed by atoms with Gasteiger partial charge in [0.15, 0.2) is 0 Å². The molecule has 0 spiro atoms. The summed E-state index contributed by atoms with van der Waals surface area (Å²) in [6.45, 7) is 3.25. The number of benzene rings is 1. The second-order valence-electron chi connectivity index (χ2n) is 5.82. The van der Waals surface area contributed by atoms with Gasteiger partial charge in [-0.05, 0) is 36.5 Å². The molecule has 0 heterocycles. The van der Waals surface area contributed by atoms with Crippen LogP contribution in [0.2, 0.25) is 0 Å². The van der Waals surface area contributed by atoms with Crippen molar-refractivity contribution in [2.45, 2.75) is 51.6 Å². The number of rotatable bonds is 5. The SMILES string of the molecule is COc1cc(CNC2CCCCCC2C)cc(OC)c1. The summed E-state index contributed by atoms with van der Waals surface area (Å²) in [4.78, 5) is 0. The Labute approximate surface area is 122 Å². The van der Waals surface area contributed by atoms with Gasteiger partial charge >= 0.3 is 0 Å². The van der Waals surface area contributed by atoms with E-state index in [4.69, 9.17) is 9.47 Å². The second-order valence-corrected chi connectivity index (χ2v) is 5.82. The second kappa shape index (κ2) is 7.53. The molecule has 1 aromatic rings. The zero-order valence-electron chi connectivity index (χ0n) is 12.9. The van der Waals surface area contributed by atoms with E-state index in [0.717, 1.165) is 24.0 Å². The van der Waals surface area contributed by atoms with E-state index in [1.807, 2.05) is 6.07 Å². The van der Waals surface area contributed by atoms with E-state index >= 15 is 0 Å². The first-order chi connectivity index (χ1) is 9.72. The van der Waals surface area contributed by atoms with Crippen LogP contribution >= 0.6 is 0 Å². The highest BCUT2D eigenvalue weighted by Crippen LogP contribution is 2.25. The van der Waals surface area contributed by atoms with Crippen LogP contribution in [0.3, 0.4) is 0 Å². The van der Waals surface area contributed by atoms with Crippen LogP contribution in [-0.2, 0) is 6.54 Å². The highest BCUT2D eigenvalue weighted by Gasteiger charge is 2.19. The van der Waals surface area contributed by atoms with Gasteiger partial charge in [0.05, 0.1) is 14.2 Å². The highest BCUT2D eigenvalue weighted by atomic mass is 16.5. The molecule has 1 fully saturated rings. The molecule has 1 aliphatic carbocycles. The molecule has 0 aliphatic heterocycles. The molecule has 1 N–H and O–H groups in total. The maximum absolute atomic E-state index is 5.32. The maximum Gasteiger partial charge on any atom is 0.122 e. The molecule has 0 saturated heterocycles. The average molecular weight is 277 g/mol. The summed E-state index contributed by atoms with van der Waals surface area (Å²) in [7, 11) is 3.39. The topological polar surface area (TPSA) is 30.5 Å². The zero-order chi connectivity index (χ0) is 14.4. The fourth-order valence-electron chi connectivity index (χ4n) is 3.01. The number of methoxy groups -OCH3 is 2. The molecular formula is C17H27NO2. The molecule has 20 heavy (non-hydrogen) atoms. The molecule has 112 valence electrons. The van der Waals surface area contributed by atoms with Crippen molar-refractivity contribution in [1.29, 1.82) is 0 Å². The summed E-state index contributed by atoms with van der Waals surface area (Å²) >= 11 is 0. The van der Waals surface area contributed by atoms with E-state index in [1.54, 1.807) is 14.2 Å². The molecule has 3 heteroatoms. The molecule has 1 aliphatic rings. The Morgan fingerprint density at radius 3 is 2.30 bits per heavy atom. The van der Waals surface area contributed by atoms with Crippen molar-refractivity contribution in [1.82, 2.24) is 5.32 Å². The van der Waals surface area contributed by atoms with Crippen LogP contribution in [0, 0.1) is 5.92 Å². The molecule has 0 radical (unpaired) electrons. The van der Waals surface area contributed by atoms with E-state index in [-0.39, 0.29) is 0 Å². The van der Waals surface area contributed by atoms with Crippen molar-refractivity contribution in [2.24, 2.45) is 5.92 Å². The van der Waals surface area contributed by atoms with E-state index in [0.29, 0.717) is 6.04 Å². The number of ether oxygens (including phenoxy) is 2. The van der Waals surface area contributed by atoms with E-state index in [2.05, 4.69) is 24.4 Å². The van der Waals surface area contributed by atoms with Crippen LogP contribution in [0.5, 0.6) is 11.5 Å². The van der Waals surface area contributed by atoms with Crippen molar-refractivity contribution < 1.29 is 9.47 Å². The van der Waals surface area contributed by atoms with Gasteiger partial charge in [-0.1, -0.05) is 26.2 Å². The quantitative estimate of drug-likeness (QED) is 0.831. The normalized spacial score (nSPS) is 23.1. The van der Waals surface area contributed by atoms with Gasteiger partial charge in [-0.15, -0.1) is 0 Å². The molecule has 2 unspecified atom stereocenters. The standard InChI is InChI=1S/C17H27NO2/c1-13-7-5-4-6-8-17(13)18-12-14-9-15(19-2)11-16(10-14)20-3/h9-11,13,17-18H,4-8,12H2,1-3H3. The van der Waals surface area contributed by atoms with Crippen molar-refractivity contribution in [2.75, 3.05) is 14.2 Å². The van der Waals surface area contributed by atoms with Crippen molar-refractivity contribution in [3.63, 3.8) is 0 Å². The van der Waals surface area contributed by atoms with Crippen LogP contribution < -0.4 is 14.8 Å². The van der Waals surface area contributed by atoms with Crippen LogP contribution in [0.1, 0.15) is 44.6 Å². The van der Waals surface area contributed by atoms with Gasteiger partial charge in [0, 0.05) is 18.7 Å². The Balaban J connectivity index is 1.98. The lowest BCUT2D eigenvalue weighted by molar-refractivity contribution is 0.354. The van der Waals surface area contributed by atoms with Crippen molar-refractivity contribution in [3.05, 3.63) is 23.8 Å². The lowest BCUT2D eigenvalue weighted by atomic mass is 9.97. The Kier molecular flexibility index (Phi) is 5.72. The van der Waals surface area contributed by atoms with E-state index < -0.39 is 0 Å². The summed E-state index contributed by atoms with van der Waals surface area (Å²) in [6, 6.07) is 6.71. The van der Waals surface area contributed by atoms with Gasteiger partial charge in [-0.25, -0.2) is 0 Å². The molecule has 0 bridgehead atoms. The molecule has 2 atom stereocenters. The van der Waals surface area contributed by atoms with Gasteiger partial charge in [-0.3, -0.25) is 0 Å². The largest absolute Gasteiger partial charge is 0.497 e. The molecule has 3 nitrogen and oxygen atoms in total. The van der Waals surface area contributed by atoms with Gasteiger partial charge in [-0.2, -0.15) is 0 Å². The van der Waals surface area contributed by atoms with Gasteiger partial charge in [0.2, 0.25) is 0 Å². The van der Waals surface area contributed by atoms with Crippen LogP contribution in [0.15, 0.2) is 18.2 Å². The lowest BCUT2D eigenvalue weighted by Crippen LogP contribution is -2.33. The van der Waals surface area contributed by atoms with Gasteiger partial charge in [0.1, 0.15) is 11.5 Å². The first-order valence-corrected chi connectivity index (χ1v) is 7.68. The number of hydrogen-bond acceptors (Lipinski definition) is 3. The summed E-state index contributed by atoms with van der Waals surface area (Å²) in [6.07, 6.45) is 6.76. The predicted molar refractivity (Wildman–Crippen MR) is 82.4 cm³/mol. The minimum atomic E-state index is 0.634. The fraction of sp³-hybridized carbons (Fsp3) is 0.647. The monoisotopic (exact) mass is 277 g/mol. The third-order valence-electron chi connectivity index (χ3n) is 4.34. The van der Waals surface area contributed by atoms with Crippen LogP contribution in [-0.4, -0.2) is 20.3 Å². The molecule has 2 rings (SSSR count). The Morgan fingerprint density at radius 2 is 1.65 bits per heavy atom. The molecule has 0 amide bonds. The Bertz CT molecular complexity index is 397. The van der Waals surface area contributed by atoms with Gasteiger partial charge < -0.3 is 14.8 Å². The van der Waals surface area contributed by atoms with Crippen molar-refractivity contribution in [3.8, 4) is 11.5 Å². The molecule has 1 saturated carbocycles. The highest BCUT2D eigenvalue weighted by molar-refractivity contribution is 5.38. The van der Waals surface area contributed by atoms with Crippen molar-refractivity contribution >= 4 is 0 Å². The minimum Gasteiger partial charge on any atom is -0.497 e. The average Bonchev–Trinajstić information content (AvgIpc) is 2.69. The number of nitrogens with one attached hydrogen (secondary N) is 1. The summed E-state index contributed by atoms with van der Waals surface area (Å²) in [5.41, 5.74) is 1.22. The zero-order valence-corrected chi connectivity index (χ0v) is 12.9. The van der Waals surface area contributed by atoms with E-state index in [1.165, 1.54) is 37.7 Å². The lowest BCUT2D eigenvalue weighted by Gasteiger charge is -2.23. The Morgan fingerprint density at radius 1 is 1.00 bits per heavy atom. The van der Waals surface area contributed by atoms with Crippen LogP contribution in [0.4, 0.5) is 0 Å². The summed E-state index contributed by atoms with van der Waals surface area (Å²) < 4.78 is 10.6. The predicted octanol–water partition coefficient (Wildman–Crippen LogP) is 3.76. The fourth-order valence-corrected chi connectivity index (χ4v) is 3.01. The minimum absolute atomic E-state index is 0.634. The van der Waals surface area contributed by atoms with Crippen LogP contribution in [0.25, 0.3) is 0 Å². The molecule has 1 aromatic carbocycles. The first-order valence-electron chi connectivity index (χ1n) is 7.68. The molecular weight excluding hydrogens is 250 g/mol. The smallest absolute Gasteiger partial charge is 0.122 e. The maximum atomic E-state index is 5.32. The summed E-state index contributed by atoms with van der Waals surface area (Å²) in [5.74, 6) is 2.48. The first kappa shape index (κ1) is 15.2. The molecule has 0 aromatic heterocycles. The third kappa shape index (κ3) is 4.14. The third-order valence-corrected chi connectivity index (χ3v) is 4.34. The number of hydrogen-bond donors (Lipinski definition) is 1.